The van der Waals surface area contributed by atoms with Gasteiger partial charge in [-0.05, 0) is 48.4 Å². The predicted octanol–water partition coefficient (Wildman–Crippen LogP) is 7.10. The molecule has 2 aliphatic carbocycles. The van der Waals surface area contributed by atoms with Gasteiger partial charge >= 0.3 is 0 Å². The van der Waals surface area contributed by atoms with Crippen molar-refractivity contribution in [1.29, 1.82) is 0 Å². The zero-order chi connectivity index (χ0) is 33.2. The molecule has 8 nitrogen and oxygen atoms in total. The zero-order valence-corrected chi connectivity index (χ0v) is 27.8. The van der Waals surface area contributed by atoms with Gasteiger partial charge < -0.3 is 25.7 Å². The van der Waals surface area contributed by atoms with Gasteiger partial charge in [0.05, 0.1) is 20.1 Å². The van der Waals surface area contributed by atoms with E-state index in [1.165, 1.54) is 52.1 Å². The van der Waals surface area contributed by atoms with E-state index < -0.39 is 11.3 Å². The molecule has 8 heteroatoms. The monoisotopic (exact) mass is 640 g/mol. The van der Waals surface area contributed by atoms with Gasteiger partial charge in [0.25, 0.3) is 0 Å². The highest BCUT2D eigenvalue weighted by atomic mass is 16.5. The molecular weight excluding hydrogens is 590 g/mol. The van der Waals surface area contributed by atoms with Crippen molar-refractivity contribution in [1.82, 2.24) is 9.97 Å². The van der Waals surface area contributed by atoms with E-state index in [0.717, 1.165) is 47.6 Å². The van der Waals surface area contributed by atoms with Crippen molar-refractivity contribution >= 4 is 23.5 Å². The summed E-state index contributed by atoms with van der Waals surface area (Å²) in [6.45, 7) is -0.213. The van der Waals surface area contributed by atoms with E-state index in [0.29, 0.717) is 30.6 Å². The number of aromatic hydroxyl groups is 1. The quantitative estimate of drug-likeness (QED) is 0.105. The summed E-state index contributed by atoms with van der Waals surface area (Å²) in [7, 11) is 1.49. The van der Waals surface area contributed by atoms with Gasteiger partial charge in [-0.3, -0.25) is 9.59 Å². The summed E-state index contributed by atoms with van der Waals surface area (Å²) in [6, 6.07) is 9.27. The number of aliphatic hydroxyl groups excluding tert-OH is 1. The number of anilines is 1. The molecular formula is C39H50N3O5-. The third-order valence-electron chi connectivity index (χ3n) is 10.3. The molecule has 3 aromatic rings. The first-order valence-electron chi connectivity index (χ1n) is 17.4. The number of fused-ring (bicyclic) bond motifs is 1. The maximum Gasteiger partial charge on any atom is 0.161 e. The Kier molecular flexibility index (Phi) is 11.9. The Morgan fingerprint density at radius 2 is 1.83 bits per heavy atom. The number of carbonyl (C=O) groups is 2. The van der Waals surface area contributed by atoms with Gasteiger partial charge in [0.2, 0.25) is 0 Å². The number of aryl methyl sites for hydroxylation is 1. The predicted molar refractivity (Wildman–Crippen MR) is 184 cm³/mol. The summed E-state index contributed by atoms with van der Waals surface area (Å²) in [6.07, 6.45) is 21.2. The fourth-order valence-electron chi connectivity index (χ4n) is 7.68. The first kappa shape index (κ1) is 34.4. The van der Waals surface area contributed by atoms with E-state index in [9.17, 15) is 19.8 Å². The van der Waals surface area contributed by atoms with E-state index in [1.807, 2.05) is 36.4 Å². The number of rotatable bonds is 17. The molecule has 252 valence electrons. The summed E-state index contributed by atoms with van der Waals surface area (Å²) >= 11 is 0. The van der Waals surface area contributed by atoms with Gasteiger partial charge in [-0.15, -0.1) is 0 Å². The Morgan fingerprint density at radius 3 is 2.57 bits per heavy atom. The topological polar surface area (TPSA) is 137 Å². The lowest BCUT2D eigenvalue weighted by molar-refractivity contribution is -0.127. The summed E-state index contributed by atoms with van der Waals surface area (Å²) in [5, 5.41) is 22.5. The van der Waals surface area contributed by atoms with Crippen LogP contribution in [-0.2, 0) is 22.4 Å². The second-order valence-electron chi connectivity index (χ2n) is 13.6. The van der Waals surface area contributed by atoms with Gasteiger partial charge in [0.15, 0.2) is 11.5 Å². The number of Topliss-reactive ketones (excluding diaryl/α,β-unsaturated/α-hetero) is 2. The highest BCUT2D eigenvalue weighted by Gasteiger charge is 2.43. The molecule has 1 aromatic carbocycles. The first-order chi connectivity index (χ1) is 22.8. The number of nitrogen functional groups attached to an aromatic ring is 1. The molecule has 2 heterocycles. The number of aromatic nitrogens is 2. The van der Waals surface area contributed by atoms with Crippen molar-refractivity contribution in [3.05, 3.63) is 76.7 Å². The minimum Gasteiger partial charge on any atom is -0.668 e. The molecule has 5 rings (SSSR count). The van der Waals surface area contributed by atoms with E-state index in [4.69, 9.17) is 10.5 Å². The number of benzene rings is 1. The number of nitrogens with two attached hydrogens (primary N) is 1. The summed E-state index contributed by atoms with van der Waals surface area (Å²) in [5.74, 6) is 0.920. The Morgan fingerprint density at radius 1 is 1.04 bits per heavy atom. The standard InChI is InChI=1S/C39H50N3O5/c1-47-35-23-28(15-16-31(45)24-30(44)14-8-3-2-5-10-27-11-6-4-7-12-27)22-34(37(35)46)36-32-18-21-42-38(40)33(32)17-19-39(36,26-43)25-29-13-9-20-41-29/h9,13,17-23,27,36,43,46H,2-8,10-12,14-16,24-26H2,1H3,(H2,40,42)/q-1/t36-,39-/m1/s1. The minimum atomic E-state index is -0.846. The first-order valence-corrected chi connectivity index (χ1v) is 17.4. The molecule has 2 aliphatic rings. The highest BCUT2D eigenvalue weighted by molar-refractivity contribution is 5.99. The largest absolute Gasteiger partial charge is 0.668 e. The van der Waals surface area contributed by atoms with Crippen LogP contribution in [0.3, 0.4) is 0 Å². The van der Waals surface area contributed by atoms with Crippen LogP contribution < -0.4 is 15.5 Å². The number of aliphatic hydroxyl groups is 1. The zero-order valence-electron chi connectivity index (χ0n) is 27.8. The summed E-state index contributed by atoms with van der Waals surface area (Å²) in [5.41, 5.74) is 9.17. The van der Waals surface area contributed by atoms with Crippen molar-refractivity contribution < 1.29 is 24.5 Å². The number of phenolic OH excluding ortho intramolecular Hbond substituents is 1. The van der Waals surface area contributed by atoms with E-state index >= 15 is 0 Å². The molecule has 0 unspecified atom stereocenters. The lowest BCUT2D eigenvalue weighted by atomic mass is 9.63. The number of hydrogen-bond acceptors (Lipinski definition) is 7. The minimum absolute atomic E-state index is 0.0110. The van der Waals surface area contributed by atoms with E-state index in [-0.39, 0.29) is 42.5 Å². The number of methoxy groups -OCH3 is 1. The van der Waals surface area contributed by atoms with Crippen LogP contribution in [0, 0.1) is 11.3 Å². The van der Waals surface area contributed by atoms with Crippen LogP contribution in [0.15, 0.2) is 48.8 Å². The van der Waals surface area contributed by atoms with Crippen molar-refractivity contribution in [2.24, 2.45) is 11.3 Å². The molecule has 4 N–H and O–H groups in total. The lowest BCUT2D eigenvalue weighted by Gasteiger charge is -2.42. The van der Waals surface area contributed by atoms with Gasteiger partial charge in [-0.25, -0.2) is 4.98 Å². The van der Waals surface area contributed by atoms with E-state index in [1.54, 1.807) is 18.5 Å². The second kappa shape index (κ2) is 16.3. The third-order valence-corrected chi connectivity index (χ3v) is 10.3. The molecule has 0 radical (unpaired) electrons. The third kappa shape index (κ3) is 8.52. The van der Waals surface area contributed by atoms with Gasteiger partial charge in [-0.1, -0.05) is 88.1 Å². The summed E-state index contributed by atoms with van der Waals surface area (Å²) < 4.78 is 5.60. The Bertz CT molecular complexity index is 1530. The van der Waals surface area contributed by atoms with Crippen LogP contribution in [-0.4, -0.2) is 40.5 Å². The smallest absolute Gasteiger partial charge is 0.161 e. The average molecular weight is 641 g/mol. The number of phenols is 1. The molecule has 47 heavy (non-hydrogen) atoms. The number of hydrogen-bond donors (Lipinski definition) is 3. The number of ketones is 2. The molecule has 1 saturated carbocycles. The molecule has 1 fully saturated rings. The number of nitrogens with zero attached hydrogens (tertiary/aromatic N) is 2. The molecule has 0 aliphatic heterocycles. The molecule has 2 atom stereocenters. The SMILES string of the molecule is COc1cc(CCC(=O)CC(=O)CCCCCCC2CCCCC2)cc([C@H]2c3ccnc(N)c3C=C[C@]2(CO)Cc2ccc[n-]2)c1O. The average Bonchev–Trinajstić information content (AvgIpc) is 3.59. The number of ether oxygens (including phenoxy) is 1. The highest BCUT2D eigenvalue weighted by Crippen LogP contribution is 2.53. The molecule has 0 spiro atoms. The Balaban J connectivity index is 1.25. The molecule has 2 aromatic heterocycles. The second-order valence-corrected chi connectivity index (χ2v) is 13.6. The fourth-order valence-corrected chi connectivity index (χ4v) is 7.68. The van der Waals surface area contributed by atoms with Crippen LogP contribution in [0.25, 0.3) is 6.08 Å². The Hall–Kier alpha value is -3.91. The lowest BCUT2D eigenvalue weighted by Crippen LogP contribution is -2.37. The maximum atomic E-state index is 12.9. The number of carbonyl (C=O) groups excluding carboxylic acids is 2. The van der Waals surface area contributed by atoms with Gasteiger partial charge in [0, 0.05) is 41.5 Å². The molecule has 0 bridgehead atoms. The maximum absolute atomic E-state index is 12.9. The van der Waals surface area contributed by atoms with Crippen molar-refractivity contribution in [3.8, 4) is 11.5 Å². The number of unbranched alkanes of at least 4 members (excludes halogenated alkanes) is 3. The van der Waals surface area contributed by atoms with Crippen molar-refractivity contribution in [2.75, 3.05) is 19.5 Å². The van der Waals surface area contributed by atoms with E-state index in [2.05, 4.69) is 9.97 Å². The van der Waals surface area contributed by atoms with Crippen LogP contribution in [0.4, 0.5) is 5.82 Å². The molecule has 0 saturated heterocycles. The van der Waals surface area contributed by atoms with Gasteiger partial charge in [-0.2, -0.15) is 11.9 Å². The van der Waals surface area contributed by atoms with Crippen molar-refractivity contribution in [2.45, 2.75) is 102 Å². The summed E-state index contributed by atoms with van der Waals surface area (Å²) in [4.78, 5) is 34.2. The van der Waals surface area contributed by atoms with Crippen LogP contribution in [0.2, 0.25) is 0 Å². The Labute approximate surface area is 278 Å². The fraction of sp³-hybridized carbons (Fsp3) is 0.513. The normalized spacial score (nSPS) is 19.4. The molecule has 0 amide bonds. The van der Waals surface area contributed by atoms with Crippen molar-refractivity contribution in [3.63, 3.8) is 0 Å². The van der Waals surface area contributed by atoms with Crippen LogP contribution in [0.1, 0.15) is 117 Å². The van der Waals surface area contributed by atoms with Crippen LogP contribution in [0.5, 0.6) is 11.5 Å². The number of pyridine rings is 1. The van der Waals surface area contributed by atoms with Crippen LogP contribution >= 0.6 is 0 Å². The van der Waals surface area contributed by atoms with Gasteiger partial charge in [0.1, 0.15) is 17.4 Å².